The van der Waals surface area contributed by atoms with Crippen LogP contribution in [0.25, 0.3) is 0 Å². The highest BCUT2D eigenvalue weighted by atomic mass is 35.5. The lowest BCUT2D eigenvalue weighted by Gasteiger charge is -2.13. The summed E-state index contributed by atoms with van der Waals surface area (Å²) < 4.78 is 0. The van der Waals surface area contributed by atoms with E-state index in [2.05, 4.69) is 0 Å². The molecule has 0 bridgehead atoms. The van der Waals surface area contributed by atoms with Gasteiger partial charge in [0.1, 0.15) is 5.25 Å². The molecule has 0 spiro atoms. The second kappa shape index (κ2) is 6.82. The van der Waals surface area contributed by atoms with Gasteiger partial charge in [-0.3, -0.25) is 4.79 Å². The Morgan fingerprint density at radius 3 is 2.45 bits per heavy atom. The molecule has 2 rings (SSSR count). The van der Waals surface area contributed by atoms with Crippen LogP contribution in [0.5, 0.6) is 0 Å². The predicted molar refractivity (Wildman–Crippen MR) is 83.6 cm³/mol. The lowest BCUT2D eigenvalue weighted by molar-refractivity contribution is -0.136. The Balaban J connectivity index is 2.14. The third-order valence-electron chi connectivity index (χ3n) is 3.03. The molecule has 1 N–H and O–H groups in total. The molecule has 0 radical (unpaired) electrons. The molecule has 2 nitrogen and oxygen atoms in total. The number of hydrogen-bond acceptors (Lipinski definition) is 2. The summed E-state index contributed by atoms with van der Waals surface area (Å²) in [6.07, 6.45) is 0.509. The summed E-state index contributed by atoms with van der Waals surface area (Å²) in [5.74, 6) is -0.798. The van der Waals surface area contributed by atoms with Crippen molar-refractivity contribution in [1.82, 2.24) is 0 Å². The van der Waals surface area contributed by atoms with Gasteiger partial charge in [-0.25, -0.2) is 0 Å². The van der Waals surface area contributed by atoms with Gasteiger partial charge in [0.15, 0.2) is 0 Å². The van der Waals surface area contributed by atoms with Crippen molar-refractivity contribution >= 4 is 29.3 Å². The summed E-state index contributed by atoms with van der Waals surface area (Å²) in [7, 11) is 0. The lowest BCUT2D eigenvalue weighted by Crippen LogP contribution is -2.19. The van der Waals surface area contributed by atoms with Crippen LogP contribution in [0.1, 0.15) is 11.1 Å². The van der Waals surface area contributed by atoms with E-state index in [1.54, 1.807) is 12.1 Å². The van der Waals surface area contributed by atoms with E-state index in [1.807, 2.05) is 43.3 Å². The van der Waals surface area contributed by atoms with Crippen molar-refractivity contribution in [2.24, 2.45) is 0 Å². The van der Waals surface area contributed by atoms with E-state index in [-0.39, 0.29) is 0 Å². The minimum Gasteiger partial charge on any atom is -0.480 e. The zero-order valence-corrected chi connectivity index (χ0v) is 12.6. The van der Waals surface area contributed by atoms with Crippen molar-refractivity contribution in [3.63, 3.8) is 0 Å². The average Bonchev–Trinajstić information content (AvgIpc) is 2.42. The number of carboxylic acids is 1. The first-order chi connectivity index (χ1) is 9.56. The summed E-state index contributed by atoms with van der Waals surface area (Å²) in [4.78, 5) is 12.4. The van der Waals surface area contributed by atoms with E-state index < -0.39 is 11.2 Å². The zero-order valence-electron chi connectivity index (χ0n) is 11.0. The molecule has 0 saturated heterocycles. The van der Waals surface area contributed by atoms with E-state index in [9.17, 15) is 9.90 Å². The summed E-state index contributed by atoms with van der Waals surface area (Å²) in [6.45, 7) is 2.00. The second-order valence-electron chi connectivity index (χ2n) is 4.53. The normalized spacial score (nSPS) is 12.1. The minimum absolute atomic E-state index is 0.503. The molecule has 1 atom stereocenters. The lowest BCUT2D eigenvalue weighted by atomic mass is 10.0. The third-order valence-corrected chi connectivity index (χ3v) is 4.48. The van der Waals surface area contributed by atoms with Gasteiger partial charge in [0.25, 0.3) is 0 Å². The molecule has 0 heterocycles. The van der Waals surface area contributed by atoms with E-state index in [0.717, 1.165) is 16.0 Å². The second-order valence-corrected chi connectivity index (χ2v) is 6.24. The number of benzene rings is 2. The SMILES string of the molecule is Cc1ccccc1CC(Sc1ccc(Cl)cc1)C(=O)O. The van der Waals surface area contributed by atoms with Crippen molar-refractivity contribution in [1.29, 1.82) is 0 Å². The quantitative estimate of drug-likeness (QED) is 0.830. The average molecular weight is 307 g/mol. The molecule has 0 amide bonds. The van der Waals surface area contributed by atoms with Crippen LogP contribution in [0.15, 0.2) is 53.4 Å². The summed E-state index contributed by atoms with van der Waals surface area (Å²) >= 11 is 7.19. The topological polar surface area (TPSA) is 37.3 Å². The predicted octanol–water partition coefficient (Wildman–Crippen LogP) is 4.44. The van der Waals surface area contributed by atoms with E-state index >= 15 is 0 Å². The van der Waals surface area contributed by atoms with Crippen molar-refractivity contribution in [2.45, 2.75) is 23.5 Å². The number of thioether (sulfide) groups is 1. The molecule has 2 aromatic carbocycles. The molecule has 0 aliphatic heterocycles. The molecule has 0 aliphatic rings. The Morgan fingerprint density at radius 2 is 1.85 bits per heavy atom. The van der Waals surface area contributed by atoms with Crippen LogP contribution in [0.3, 0.4) is 0 Å². The molecular formula is C16H15ClO2S. The minimum atomic E-state index is -0.798. The first-order valence-electron chi connectivity index (χ1n) is 6.26. The van der Waals surface area contributed by atoms with E-state index in [4.69, 9.17) is 11.6 Å². The first kappa shape index (κ1) is 14.9. The van der Waals surface area contributed by atoms with Gasteiger partial charge in [-0.2, -0.15) is 0 Å². The van der Waals surface area contributed by atoms with Crippen LogP contribution in [-0.2, 0) is 11.2 Å². The maximum Gasteiger partial charge on any atom is 0.317 e. The van der Waals surface area contributed by atoms with Crippen LogP contribution in [0.2, 0.25) is 5.02 Å². The molecule has 0 saturated carbocycles. The Labute approximate surface area is 127 Å². The van der Waals surface area contributed by atoms with Gasteiger partial charge in [0.2, 0.25) is 0 Å². The number of aryl methyl sites for hydroxylation is 1. The highest BCUT2D eigenvalue weighted by Gasteiger charge is 2.20. The number of carboxylic acid groups (broad SMARTS) is 1. The standard InChI is InChI=1S/C16H15ClO2S/c1-11-4-2-3-5-12(11)10-15(16(18)19)20-14-8-6-13(17)7-9-14/h2-9,15H,10H2,1H3,(H,18,19). The zero-order chi connectivity index (χ0) is 14.5. The number of aliphatic carboxylic acids is 1. The summed E-state index contributed by atoms with van der Waals surface area (Å²) in [5, 5.41) is 9.54. The van der Waals surface area contributed by atoms with Crippen LogP contribution in [0, 0.1) is 6.92 Å². The van der Waals surface area contributed by atoms with Crippen LogP contribution in [-0.4, -0.2) is 16.3 Å². The Kier molecular flexibility index (Phi) is 5.10. The molecule has 2 aromatic rings. The van der Waals surface area contributed by atoms with Gasteiger partial charge in [-0.1, -0.05) is 35.9 Å². The van der Waals surface area contributed by atoms with Crippen molar-refractivity contribution in [2.75, 3.05) is 0 Å². The number of carbonyl (C=O) groups is 1. The summed E-state index contributed by atoms with van der Waals surface area (Å²) in [5.41, 5.74) is 2.19. The Hall–Kier alpha value is -1.45. The molecule has 20 heavy (non-hydrogen) atoms. The highest BCUT2D eigenvalue weighted by molar-refractivity contribution is 8.00. The maximum atomic E-state index is 11.4. The molecule has 104 valence electrons. The van der Waals surface area contributed by atoms with Gasteiger partial charge < -0.3 is 5.11 Å². The Bertz CT molecular complexity index is 596. The third kappa shape index (κ3) is 4.02. The largest absolute Gasteiger partial charge is 0.480 e. The van der Waals surface area contributed by atoms with Gasteiger partial charge in [0, 0.05) is 9.92 Å². The van der Waals surface area contributed by atoms with Gasteiger partial charge >= 0.3 is 5.97 Å². The van der Waals surface area contributed by atoms with Crippen molar-refractivity contribution < 1.29 is 9.90 Å². The highest BCUT2D eigenvalue weighted by Crippen LogP contribution is 2.28. The monoisotopic (exact) mass is 306 g/mol. The number of halogens is 1. The van der Waals surface area contributed by atoms with E-state index in [0.29, 0.717) is 11.4 Å². The molecule has 0 aliphatic carbocycles. The van der Waals surface area contributed by atoms with Crippen molar-refractivity contribution in [3.8, 4) is 0 Å². The van der Waals surface area contributed by atoms with Gasteiger partial charge in [0.05, 0.1) is 0 Å². The first-order valence-corrected chi connectivity index (χ1v) is 7.51. The van der Waals surface area contributed by atoms with Crippen LogP contribution >= 0.6 is 23.4 Å². The fourth-order valence-electron chi connectivity index (χ4n) is 1.90. The molecule has 0 fully saturated rings. The molecule has 0 aromatic heterocycles. The maximum absolute atomic E-state index is 11.4. The van der Waals surface area contributed by atoms with Crippen molar-refractivity contribution in [3.05, 3.63) is 64.7 Å². The van der Waals surface area contributed by atoms with Gasteiger partial charge in [-0.15, -0.1) is 11.8 Å². The molecule has 1 unspecified atom stereocenters. The van der Waals surface area contributed by atoms with Crippen LogP contribution in [0.4, 0.5) is 0 Å². The summed E-state index contributed by atoms with van der Waals surface area (Å²) in [6, 6.07) is 15.1. The fourth-order valence-corrected chi connectivity index (χ4v) is 3.01. The van der Waals surface area contributed by atoms with E-state index in [1.165, 1.54) is 11.8 Å². The van der Waals surface area contributed by atoms with Gasteiger partial charge in [-0.05, 0) is 48.7 Å². The molecule has 4 heteroatoms. The van der Waals surface area contributed by atoms with Crippen LogP contribution < -0.4 is 0 Å². The fraction of sp³-hybridized carbons (Fsp3) is 0.188. The number of rotatable bonds is 5. The molecular weight excluding hydrogens is 292 g/mol. The number of hydrogen-bond donors (Lipinski definition) is 1. The smallest absolute Gasteiger partial charge is 0.317 e. The Morgan fingerprint density at radius 1 is 1.20 bits per heavy atom.